The first-order valence-electron chi connectivity index (χ1n) is 6.15. The minimum absolute atomic E-state index is 0.143. The van der Waals surface area contributed by atoms with Crippen LogP contribution in [0, 0.1) is 0 Å². The summed E-state index contributed by atoms with van der Waals surface area (Å²) in [7, 11) is 0. The van der Waals surface area contributed by atoms with Crippen molar-refractivity contribution in [3.8, 4) is 0 Å². The van der Waals surface area contributed by atoms with Crippen molar-refractivity contribution in [2.24, 2.45) is 0 Å². The van der Waals surface area contributed by atoms with Gasteiger partial charge in [-0.05, 0) is 17.5 Å². The van der Waals surface area contributed by atoms with Crippen LogP contribution in [-0.2, 0) is 4.74 Å². The lowest BCUT2D eigenvalue weighted by molar-refractivity contribution is 0.0688. The number of carbonyl (C=O) groups is 1. The van der Waals surface area contributed by atoms with Crippen LogP contribution in [0.1, 0.15) is 35.8 Å². The molecule has 98 valence electrons. The van der Waals surface area contributed by atoms with E-state index in [2.05, 4.69) is 9.88 Å². The Labute approximate surface area is 106 Å². The number of morpholine rings is 1. The monoisotopic (exact) mass is 250 g/mol. The molecule has 0 unspecified atom stereocenters. The normalized spacial score (nSPS) is 16.1. The minimum atomic E-state index is -0.966. The molecule has 18 heavy (non-hydrogen) atoms. The van der Waals surface area contributed by atoms with Gasteiger partial charge in [-0.3, -0.25) is 0 Å². The molecule has 1 aliphatic heterocycles. The maximum atomic E-state index is 11.1. The van der Waals surface area contributed by atoms with Crippen LogP contribution in [0.5, 0.6) is 0 Å². The molecule has 2 rings (SSSR count). The Balaban J connectivity index is 2.33. The number of rotatable bonds is 3. The highest BCUT2D eigenvalue weighted by Gasteiger charge is 2.18. The molecule has 0 bridgehead atoms. The third-order valence-corrected chi connectivity index (χ3v) is 3.10. The van der Waals surface area contributed by atoms with Crippen LogP contribution in [0.25, 0.3) is 0 Å². The Morgan fingerprint density at radius 1 is 1.44 bits per heavy atom. The van der Waals surface area contributed by atoms with Gasteiger partial charge in [0.15, 0.2) is 5.69 Å². The molecule has 1 aliphatic rings. The largest absolute Gasteiger partial charge is 0.477 e. The first-order chi connectivity index (χ1) is 8.59. The highest BCUT2D eigenvalue weighted by Crippen LogP contribution is 2.24. The minimum Gasteiger partial charge on any atom is -0.477 e. The van der Waals surface area contributed by atoms with Crippen molar-refractivity contribution in [1.82, 2.24) is 4.98 Å². The SMILES string of the molecule is CC(C)c1cc(N2CCOCC2)cnc1C(=O)O. The summed E-state index contributed by atoms with van der Waals surface area (Å²) in [6.45, 7) is 7.02. The van der Waals surface area contributed by atoms with E-state index >= 15 is 0 Å². The van der Waals surface area contributed by atoms with Crippen LogP contribution in [0.2, 0.25) is 0 Å². The molecule has 0 radical (unpaired) electrons. The Kier molecular flexibility index (Phi) is 3.81. The van der Waals surface area contributed by atoms with E-state index in [4.69, 9.17) is 9.84 Å². The number of ether oxygens (including phenoxy) is 1. The fraction of sp³-hybridized carbons (Fsp3) is 0.538. The van der Waals surface area contributed by atoms with E-state index in [1.54, 1.807) is 6.20 Å². The lowest BCUT2D eigenvalue weighted by Gasteiger charge is -2.29. The Morgan fingerprint density at radius 3 is 2.67 bits per heavy atom. The predicted molar refractivity (Wildman–Crippen MR) is 68.3 cm³/mol. The summed E-state index contributed by atoms with van der Waals surface area (Å²) in [6, 6.07) is 1.94. The molecule has 5 heteroatoms. The number of nitrogens with zero attached hydrogens (tertiary/aromatic N) is 2. The highest BCUT2D eigenvalue weighted by atomic mass is 16.5. The maximum absolute atomic E-state index is 11.1. The smallest absolute Gasteiger partial charge is 0.354 e. The summed E-state index contributed by atoms with van der Waals surface area (Å²) >= 11 is 0. The predicted octanol–water partition coefficient (Wildman–Crippen LogP) is 1.74. The number of hydrogen-bond acceptors (Lipinski definition) is 4. The molecule has 1 N–H and O–H groups in total. The zero-order valence-corrected chi connectivity index (χ0v) is 10.7. The number of hydrogen-bond donors (Lipinski definition) is 1. The first-order valence-corrected chi connectivity index (χ1v) is 6.15. The number of aromatic nitrogens is 1. The third-order valence-electron chi connectivity index (χ3n) is 3.10. The van der Waals surface area contributed by atoms with Gasteiger partial charge in [0, 0.05) is 13.1 Å². The first kappa shape index (κ1) is 12.8. The van der Waals surface area contributed by atoms with Gasteiger partial charge in [0.2, 0.25) is 0 Å². The third kappa shape index (κ3) is 2.61. The van der Waals surface area contributed by atoms with Crippen molar-refractivity contribution in [3.63, 3.8) is 0 Å². The maximum Gasteiger partial charge on any atom is 0.354 e. The molecule has 1 aromatic rings. The molecule has 0 aliphatic carbocycles. The Hall–Kier alpha value is -1.62. The Bertz CT molecular complexity index is 440. The van der Waals surface area contributed by atoms with Gasteiger partial charge in [-0.1, -0.05) is 13.8 Å². The summed E-state index contributed by atoms with van der Waals surface area (Å²) < 4.78 is 5.30. The van der Waals surface area contributed by atoms with Crippen molar-refractivity contribution in [3.05, 3.63) is 23.5 Å². The van der Waals surface area contributed by atoms with Gasteiger partial charge < -0.3 is 14.7 Å². The van der Waals surface area contributed by atoms with Gasteiger partial charge in [0.05, 0.1) is 25.1 Å². The van der Waals surface area contributed by atoms with Gasteiger partial charge in [-0.2, -0.15) is 0 Å². The summed E-state index contributed by atoms with van der Waals surface area (Å²) in [5.74, 6) is -0.822. The summed E-state index contributed by atoms with van der Waals surface area (Å²) in [5.41, 5.74) is 1.92. The van der Waals surface area contributed by atoms with Gasteiger partial charge in [-0.15, -0.1) is 0 Å². The van der Waals surface area contributed by atoms with E-state index in [1.165, 1.54) is 0 Å². The lowest BCUT2D eigenvalue weighted by atomic mass is 10.0. The van der Waals surface area contributed by atoms with E-state index in [0.717, 1.165) is 24.3 Å². The quantitative estimate of drug-likeness (QED) is 0.885. The summed E-state index contributed by atoms with van der Waals surface area (Å²) in [6.07, 6.45) is 1.64. The van der Waals surface area contributed by atoms with E-state index in [0.29, 0.717) is 13.2 Å². The molecule has 0 saturated carbocycles. The summed E-state index contributed by atoms with van der Waals surface area (Å²) in [5, 5.41) is 9.12. The van der Waals surface area contributed by atoms with Gasteiger partial charge in [-0.25, -0.2) is 9.78 Å². The lowest BCUT2D eigenvalue weighted by Crippen LogP contribution is -2.36. The van der Waals surface area contributed by atoms with Crippen molar-refractivity contribution in [2.45, 2.75) is 19.8 Å². The molecular formula is C13H18N2O3. The second-order valence-corrected chi connectivity index (χ2v) is 4.69. The fourth-order valence-corrected chi connectivity index (χ4v) is 2.08. The molecule has 0 atom stereocenters. The second kappa shape index (κ2) is 5.35. The molecule has 1 fully saturated rings. The average Bonchev–Trinajstić information content (AvgIpc) is 2.39. The van der Waals surface area contributed by atoms with Crippen LogP contribution in [0.3, 0.4) is 0 Å². The van der Waals surface area contributed by atoms with Crippen molar-refractivity contribution < 1.29 is 14.6 Å². The van der Waals surface area contributed by atoms with Crippen LogP contribution >= 0.6 is 0 Å². The van der Waals surface area contributed by atoms with Crippen LogP contribution in [0.4, 0.5) is 5.69 Å². The zero-order valence-electron chi connectivity index (χ0n) is 10.7. The molecule has 0 aromatic carbocycles. The molecule has 1 saturated heterocycles. The van der Waals surface area contributed by atoms with Crippen LogP contribution < -0.4 is 4.90 Å². The molecule has 2 heterocycles. The average molecular weight is 250 g/mol. The zero-order chi connectivity index (χ0) is 13.1. The molecule has 5 nitrogen and oxygen atoms in total. The van der Waals surface area contributed by atoms with Crippen molar-refractivity contribution in [1.29, 1.82) is 0 Å². The standard InChI is InChI=1S/C13H18N2O3/c1-9(2)11-7-10(8-14-12(11)13(16)17)15-3-5-18-6-4-15/h7-9H,3-6H2,1-2H3,(H,16,17). The van der Waals surface area contributed by atoms with E-state index in [-0.39, 0.29) is 11.6 Å². The van der Waals surface area contributed by atoms with E-state index in [9.17, 15) is 4.79 Å². The number of pyridine rings is 1. The number of carboxylic acids is 1. The number of aromatic carboxylic acids is 1. The van der Waals surface area contributed by atoms with Crippen molar-refractivity contribution >= 4 is 11.7 Å². The highest BCUT2D eigenvalue weighted by molar-refractivity contribution is 5.87. The topological polar surface area (TPSA) is 62.7 Å². The number of anilines is 1. The van der Waals surface area contributed by atoms with Crippen molar-refractivity contribution in [2.75, 3.05) is 31.2 Å². The van der Waals surface area contributed by atoms with Gasteiger partial charge in [0.1, 0.15) is 0 Å². The fourth-order valence-electron chi connectivity index (χ4n) is 2.08. The van der Waals surface area contributed by atoms with E-state index in [1.807, 2.05) is 19.9 Å². The number of carboxylic acid groups (broad SMARTS) is 1. The molecule has 1 aromatic heterocycles. The molecule has 0 amide bonds. The van der Waals surface area contributed by atoms with Gasteiger partial charge >= 0.3 is 5.97 Å². The Morgan fingerprint density at radius 2 is 2.11 bits per heavy atom. The second-order valence-electron chi connectivity index (χ2n) is 4.69. The van der Waals surface area contributed by atoms with E-state index < -0.39 is 5.97 Å². The molecular weight excluding hydrogens is 232 g/mol. The molecule has 0 spiro atoms. The summed E-state index contributed by atoms with van der Waals surface area (Å²) in [4.78, 5) is 17.4. The van der Waals surface area contributed by atoms with Gasteiger partial charge in [0.25, 0.3) is 0 Å². The van der Waals surface area contributed by atoms with Crippen LogP contribution in [0.15, 0.2) is 12.3 Å². The van der Waals surface area contributed by atoms with Crippen LogP contribution in [-0.4, -0.2) is 42.4 Å².